The zero-order valence-corrected chi connectivity index (χ0v) is 14.1. The van der Waals surface area contributed by atoms with E-state index in [2.05, 4.69) is 42.3 Å². The summed E-state index contributed by atoms with van der Waals surface area (Å²) in [6.45, 7) is 0. The first kappa shape index (κ1) is 15.4. The monoisotopic (exact) mass is 399 g/mol. The van der Waals surface area contributed by atoms with Gasteiger partial charge >= 0.3 is 0 Å². The smallest absolute Gasteiger partial charge is 0.122 e. The molecule has 0 radical (unpaired) electrons. The molecule has 1 aromatic carbocycles. The maximum absolute atomic E-state index is 5.69. The van der Waals surface area contributed by atoms with E-state index in [1.807, 2.05) is 30.3 Å². The lowest BCUT2D eigenvalue weighted by Crippen LogP contribution is -2.30. The fourth-order valence-electron chi connectivity index (χ4n) is 2.01. The molecule has 0 amide bonds. The Hall–Kier alpha value is -0.950. The Morgan fingerprint density at radius 2 is 2.10 bits per heavy atom. The van der Waals surface area contributed by atoms with Gasteiger partial charge in [-0.05, 0) is 56.0 Å². The van der Waals surface area contributed by atoms with E-state index in [1.54, 1.807) is 13.3 Å². The van der Waals surface area contributed by atoms with E-state index in [9.17, 15) is 0 Å². The van der Waals surface area contributed by atoms with Gasteiger partial charge in [-0.15, -0.1) is 0 Å². The fraction of sp³-hybridized carbons (Fsp3) is 0.214. The van der Waals surface area contributed by atoms with Gasteiger partial charge in [0.25, 0.3) is 0 Å². The molecule has 4 nitrogen and oxygen atoms in total. The van der Waals surface area contributed by atoms with Crippen LogP contribution in [0.25, 0.3) is 0 Å². The molecule has 0 aliphatic rings. The molecule has 1 aromatic heterocycles. The number of pyridine rings is 1. The number of nitrogens with two attached hydrogens (primary N) is 1. The highest BCUT2D eigenvalue weighted by atomic mass is 79.9. The van der Waals surface area contributed by atoms with Crippen LogP contribution in [0.5, 0.6) is 5.75 Å². The maximum atomic E-state index is 5.69. The molecule has 20 heavy (non-hydrogen) atoms. The van der Waals surface area contributed by atoms with E-state index < -0.39 is 0 Å². The minimum Gasteiger partial charge on any atom is -0.496 e. The van der Waals surface area contributed by atoms with Crippen LogP contribution < -0.4 is 16.0 Å². The average molecular weight is 401 g/mol. The molecule has 0 aliphatic carbocycles. The number of aromatic nitrogens is 1. The van der Waals surface area contributed by atoms with E-state index in [1.165, 1.54) is 0 Å². The van der Waals surface area contributed by atoms with Crippen LogP contribution in [0.3, 0.4) is 0 Å². The van der Waals surface area contributed by atoms with Gasteiger partial charge in [0.15, 0.2) is 0 Å². The summed E-state index contributed by atoms with van der Waals surface area (Å²) in [7, 11) is 1.66. The summed E-state index contributed by atoms with van der Waals surface area (Å²) in [5.41, 5.74) is 4.76. The highest BCUT2D eigenvalue weighted by Crippen LogP contribution is 2.28. The second-order valence-electron chi connectivity index (χ2n) is 4.26. The summed E-state index contributed by atoms with van der Waals surface area (Å²) in [5.74, 6) is 6.54. The Morgan fingerprint density at radius 1 is 1.35 bits per heavy atom. The number of halogens is 2. The lowest BCUT2D eigenvalue weighted by atomic mass is 10.0. The largest absolute Gasteiger partial charge is 0.496 e. The molecule has 0 saturated heterocycles. The second kappa shape index (κ2) is 7.17. The van der Waals surface area contributed by atoms with Crippen LogP contribution in [0.1, 0.15) is 17.3 Å². The Balaban J connectivity index is 2.29. The van der Waals surface area contributed by atoms with E-state index >= 15 is 0 Å². The number of ether oxygens (including phenoxy) is 1. The Labute approximate surface area is 135 Å². The van der Waals surface area contributed by atoms with Crippen molar-refractivity contribution < 1.29 is 4.74 Å². The Bertz CT molecular complexity index is 592. The summed E-state index contributed by atoms with van der Waals surface area (Å²) >= 11 is 6.91. The predicted octanol–water partition coefficient (Wildman–Crippen LogP) is 3.36. The zero-order chi connectivity index (χ0) is 14.5. The van der Waals surface area contributed by atoms with Gasteiger partial charge in [-0.2, -0.15) is 0 Å². The molecule has 0 aliphatic heterocycles. The number of methoxy groups -OCH3 is 1. The SMILES string of the molecule is COc1ccccc1CC(NN)c1ncc(Br)cc1Br. The minimum absolute atomic E-state index is 0.103. The lowest BCUT2D eigenvalue weighted by Gasteiger charge is -2.18. The molecule has 0 saturated carbocycles. The number of nitrogens with one attached hydrogen (secondary N) is 1. The molecular formula is C14H15Br2N3O. The fourth-order valence-corrected chi connectivity index (χ4v) is 3.27. The molecule has 2 rings (SSSR count). The summed E-state index contributed by atoms with van der Waals surface area (Å²) in [4.78, 5) is 4.42. The lowest BCUT2D eigenvalue weighted by molar-refractivity contribution is 0.405. The average Bonchev–Trinajstić information content (AvgIpc) is 2.46. The quantitative estimate of drug-likeness (QED) is 0.596. The van der Waals surface area contributed by atoms with Crippen LogP contribution in [0.4, 0.5) is 0 Å². The van der Waals surface area contributed by atoms with Gasteiger partial charge in [0, 0.05) is 15.1 Å². The van der Waals surface area contributed by atoms with Crippen molar-refractivity contribution in [3.05, 3.63) is 56.7 Å². The van der Waals surface area contributed by atoms with Gasteiger partial charge in [0.1, 0.15) is 5.75 Å². The van der Waals surface area contributed by atoms with Gasteiger partial charge in [-0.1, -0.05) is 18.2 Å². The molecule has 0 bridgehead atoms. The normalized spacial score (nSPS) is 12.2. The summed E-state index contributed by atoms with van der Waals surface area (Å²) in [6, 6.07) is 9.74. The summed E-state index contributed by atoms with van der Waals surface area (Å²) in [5, 5.41) is 0. The number of para-hydroxylation sites is 1. The first-order valence-corrected chi connectivity index (χ1v) is 7.63. The summed E-state index contributed by atoms with van der Waals surface area (Å²) in [6.07, 6.45) is 2.44. The Morgan fingerprint density at radius 3 is 2.75 bits per heavy atom. The van der Waals surface area contributed by atoms with Crippen LogP contribution in [0, 0.1) is 0 Å². The van der Waals surface area contributed by atoms with Gasteiger partial charge in [0.05, 0.1) is 18.8 Å². The maximum Gasteiger partial charge on any atom is 0.122 e. The van der Waals surface area contributed by atoms with Crippen LogP contribution in [0.15, 0.2) is 45.5 Å². The van der Waals surface area contributed by atoms with Crippen molar-refractivity contribution >= 4 is 31.9 Å². The number of hydrogen-bond acceptors (Lipinski definition) is 4. The molecule has 0 fully saturated rings. The predicted molar refractivity (Wildman–Crippen MR) is 86.4 cm³/mol. The number of rotatable bonds is 5. The van der Waals surface area contributed by atoms with Crippen molar-refractivity contribution in [3.63, 3.8) is 0 Å². The molecule has 106 valence electrons. The first-order valence-electron chi connectivity index (χ1n) is 6.04. The second-order valence-corrected chi connectivity index (χ2v) is 6.03. The van der Waals surface area contributed by atoms with Gasteiger partial charge in [-0.25, -0.2) is 0 Å². The minimum atomic E-state index is -0.103. The molecule has 3 N–H and O–H groups in total. The third-order valence-corrected chi connectivity index (χ3v) is 4.05. The number of hydrazine groups is 1. The van der Waals surface area contributed by atoms with Gasteiger partial charge in [0.2, 0.25) is 0 Å². The van der Waals surface area contributed by atoms with Crippen molar-refractivity contribution in [1.29, 1.82) is 0 Å². The van der Waals surface area contributed by atoms with Crippen molar-refractivity contribution in [2.45, 2.75) is 12.5 Å². The van der Waals surface area contributed by atoms with Crippen LogP contribution in [0.2, 0.25) is 0 Å². The van der Waals surface area contributed by atoms with E-state index in [4.69, 9.17) is 10.6 Å². The number of nitrogens with zero attached hydrogens (tertiary/aromatic N) is 1. The summed E-state index contributed by atoms with van der Waals surface area (Å²) < 4.78 is 7.19. The molecule has 0 spiro atoms. The Kier molecular flexibility index (Phi) is 5.54. The molecule has 6 heteroatoms. The highest BCUT2D eigenvalue weighted by Gasteiger charge is 2.17. The third-order valence-electron chi connectivity index (χ3n) is 2.98. The van der Waals surface area contributed by atoms with Crippen molar-refractivity contribution in [3.8, 4) is 5.75 Å². The van der Waals surface area contributed by atoms with Gasteiger partial charge in [-0.3, -0.25) is 16.3 Å². The van der Waals surface area contributed by atoms with E-state index in [0.717, 1.165) is 26.0 Å². The molecule has 1 heterocycles. The standard InChI is InChI=1S/C14H15Br2N3O/c1-20-13-5-3-2-4-9(13)6-12(19-17)14-11(16)7-10(15)8-18-14/h2-5,7-8,12,19H,6,17H2,1H3. The van der Waals surface area contributed by atoms with Crippen LogP contribution in [-0.4, -0.2) is 12.1 Å². The van der Waals surface area contributed by atoms with Gasteiger partial charge < -0.3 is 4.74 Å². The highest BCUT2D eigenvalue weighted by molar-refractivity contribution is 9.11. The topological polar surface area (TPSA) is 60.2 Å². The van der Waals surface area contributed by atoms with Crippen LogP contribution in [-0.2, 0) is 6.42 Å². The molecule has 2 aromatic rings. The van der Waals surface area contributed by atoms with E-state index in [0.29, 0.717) is 6.42 Å². The van der Waals surface area contributed by atoms with Crippen LogP contribution >= 0.6 is 31.9 Å². The van der Waals surface area contributed by atoms with Crippen molar-refractivity contribution in [1.82, 2.24) is 10.4 Å². The molecule has 1 atom stereocenters. The molecular weight excluding hydrogens is 386 g/mol. The number of benzene rings is 1. The first-order chi connectivity index (χ1) is 9.65. The van der Waals surface area contributed by atoms with Crippen molar-refractivity contribution in [2.24, 2.45) is 5.84 Å². The number of hydrogen-bond donors (Lipinski definition) is 2. The zero-order valence-electron chi connectivity index (χ0n) is 10.9. The third kappa shape index (κ3) is 3.58. The molecule has 1 unspecified atom stereocenters. The van der Waals surface area contributed by atoms with Crippen molar-refractivity contribution in [2.75, 3.05) is 7.11 Å². The van der Waals surface area contributed by atoms with E-state index in [-0.39, 0.29) is 6.04 Å².